The molecule has 0 unspecified atom stereocenters. The molecule has 3 aromatic carbocycles. The summed E-state index contributed by atoms with van der Waals surface area (Å²) in [6, 6.07) is 22.4. The fraction of sp³-hybridized carbons (Fsp3) is 0.382. The average molecular weight is 553 g/mol. The number of nitrogens with one attached hydrogen (secondary N) is 1. The van der Waals surface area contributed by atoms with Crippen molar-refractivity contribution in [2.45, 2.75) is 71.4 Å². The number of hydrogen-bond acceptors (Lipinski definition) is 4. The Hall–Kier alpha value is -4.13. The quantitative estimate of drug-likeness (QED) is 0.287. The van der Waals surface area contributed by atoms with E-state index in [-0.39, 0.29) is 23.5 Å². The lowest BCUT2D eigenvalue weighted by molar-refractivity contribution is 0.0198. The van der Waals surface area contributed by atoms with Crippen LogP contribution in [-0.2, 0) is 4.74 Å². The summed E-state index contributed by atoms with van der Waals surface area (Å²) in [6.45, 7) is 13.0. The molecule has 1 saturated heterocycles. The molecule has 0 radical (unpaired) electrons. The van der Waals surface area contributed by atoms with Crippen molar-refractivity contribution in [1.29, 1.82) is 0 Å². The summed E-state index contributed by atoms with van der Waals surface area (Å²) < 4.78 is 7.47. The molecule has 1 aromatic heterocycles. The standard InChI is InChI=1S/C34H40N4O3/c1-33(2,3)36-31(39)28-19-18-27(24-11-8-7-9-12-24)29-21-35-38(30(28)29)26-16-14-23(15-17-26)25-13-10-20-37(22-25)32(40)41-34(4,5)6/h7-9,11-12,14-19,21,25H,10,13,20,22H2,1-6H3,(H,36,39)/t25-/m1/s1. The predicted molar refractivity (Wildman–Crippen MR) is 164 cm³/mol. The average Bonchev–Trinajstić information content (AvgIpc) is 3.36. The number of fused-ring (bicyclic) bond motifs is 1. The summed E-state index contributed by atoms with van der Waals surface area (Å²) in [7, 11) is 0. The van der Waals surface area contributed by atoms with Crippen molar-refractivity contribution in [3.63, 3.8) is 0 Å². The summed E-state index contributed by atoms with van der Waals surface area (Å²) >= 11 is 0. The maximum atomic E-state index is 13.4. The van der Waals surface area contributed by atoms with E-state index < -0.39 is 5.60 Å². The van der Waals surface area contributed by atoms with Gasteiger partial charge in [-0.25, -0.2) is 9.48 Å². The molecule has 0 aliphatic carbocycles. The van der Waals surface area contributed by atoms with Gasteiger partial charge in [0.2, 0.25) is 0 Å². The number of carbonyl (C=O) groups excluding carboxylic acids is 2. The Bertz CT molecular complexity index is 1540. The van der Waals surface area contributed by atoms with E-state index in [1.807, 2.05) is 87.7 Å². The minimum atomic E-state index is -0.513. The van der Waals surface area contributed by atoms with Crippen LogP contribution in [0.5, 0.6) is 0 Å². The second kappa shape index (κ2) is 11.0. The Kier molecular flexibility index (Phi) is 7.64. The monoisotopic (exact) mass is 552 g/mol. The van der Waals surface area contributed by atoms with Gasteiger partial charge < -0.3 is 15.0 Å². The molecule has 41 heavy (non-hydrogen) atoms. The molecule has 1 fully saturated rings. The molecule has 1 aliphatic rings. The van der Waals surface area contributed by atoms with Crippen LogP contribution in [0.2, 0.25) is 0 Å². The zero-order valence-corrected chi connectivity index (χ0v) is 24.9. The lowest BCUT2D eigenvalue weighted by Crippen LogP contribution is -2.42. The van der Waals surface area contributed by atoms with Crippen molar-refractivity contribution in [3.8, 4) is 16.8 Å². The first kappa shape index (κ1) is 28.4. The molecular weight excluding hydrogens is 512 g/mol. The summed E-state index contributed by atoms with van der Waals surface area (Å²) in [6.07, 6.45) is 3.54. The SMILES string of the molecule is CC(C)(C)NC(=O)c1ccc(-c2ccccc2)c2cnn(-c3ccc([C@@H]4CCCN(C(=O)OC(C)(C)C)C4)cc3)c12. The smallest absolute Gasteiger partial charge is 0.410 e. The molecule has 1 atom stereocenters. The number of aromatic nitrogens is 2. The molecule has 7 heteroatoms. The van der Waals surface area contributed by atoms with Gasteiger partial charge in [0.15, 0.2) is 0 Å². The van der Waals surface area contributed by atoms with Gasteiger partial charge in [0.25, 0.3) is 5.91 Å². The van der Waals surface area contributed by atoms with E-state index in [1.54, 1.807) is 0 Å². The summed E-state index contributed by atoms with van der Waals surface area (Å²) in [5.74, 6) is 0.0995. The normalized spacial score (nSPS) is 16.0. The Morgan fingerprint density at radius 2 is 1.63 bits per heavy atom. The highest BCUT2D eigenvalue weighted by atomic mass is 16.6. The molecule has 1 aliphatic heterocycles. The Balaban J connectivity index is 1.49. The second-order valence-electron chi connectivity index (χ2n) is 12.9. The van der Waals surface area contributed by atoms with E-state index in [0.29, 0.717) is 18.7 Å². The topological polar surface area (TPSA) is 76.5 Å². The number of piperidine rings is 1. The van der Waals surface area contributed by atoms with Crippen molar-refractivity contribution in [2.24, 2.45) is 0 Å². The highest BCUT2D eigenvalue weighted by molar-refractivity contribution is 6.10. The molecule has 214 valence electrons. The van der Waals surface area contributed by atoms with E-state index in [1.165, 1.54) is 5.56 Å². The number of nitrogens with zero attached hydrogens (tertiary/aromatic N) is 3. The highest BCUT2D eigenvalue weighted by Gasteiger charge is 2.28. The highest BCUT2D eigenvalue weighted by Crippen LogP contribution is 2.34. The zero-order chi connectivity index (χ0) is 29.4. The predicted octanol–water partition coefficient (Wildman–Crippen LogP) is 7.34. The molecule has 4 aromatic rings. The van der Waals surface area contributed by atoms with Crippen LogP contribution in [-0.4, -0.2) is 50.9 Å². The third kappa shape index (κ3) is 6.45. The zero-order valence-electron chi connectivity index (χ0n) is 24.9. The van der Waals surface area contributed by atoms with Gasteiger partial charge in [-0.15, -0.1) is 0 Å². The molecule has 2 amide bonds. The minimum absolute atomic E-state index is 0.134. The Morgan fingerprint density at radius 3 is 2.29 bits per heavy atom. The largest absolute Gasteiger partial charge is 0.444 e. The van der Waals surface area contributed by atoms with Gasteiger partial charge in [-0.3, -0.25) is 4.79 Å². The molecule has 5 rings (SSSR count). The lowest BCUT2D eigenvalue weighted by Gasteiger charge is -2.34. The maximum Gasteiger partial charge on any atom is 0.410 e. The van der Waals surface area contributed by atoms with Gasteiger partial charge in [0.1, 0.15) is 5.60 Å². The fourth-order valence-corrected chi connectivity index (χ4v) is 5.43. The van der Waals surface area contributed by atoms with Crippen molar-refractivity contribution in [3.05, 3.63) is 84.1 Å². The van der Waals surface area contributed by atoms with Crippen molar-refractivity contribution in [1.82, 2.24) is 20.0 Å². The van der Waals surface area contributed by atoms with Gasteiger partial charge in [-0.05, 0) is 89.3 Å². The first-order valence-electron chi connectivity index (χ1n) is 14.4. The Labute approximate surface area is 242 Å². The number of amides is 2. The molecule has 1 N–H and O–H groups in total. The lowest BCUT2D eigenvalue weighted by atomic mass is 9.90. The van der Waals surface area contributed by atoms with Gasteiger partial charge in [-0.2, -0.15) is 5.10 Å². The van der Waals surface area contributed by atoms with Gasteiger partial charge in [0.05, 0.1) is 23.0 Å². The summed E-state index contributed by atoms with van der Waals surface area (Å²) in [5, 5.41) is 8.80. The maximum absolute atomic E-state index is 13.4. The van der Waals surface area contributed by atoms with Crippen LogP contribution in [0, 0.1) is 0 Å². The van der Waals surface area contributed by atoms with Gasteiger partial charge >= 0.3 is 6.09 Å². The van der Waals surface area contributed by atoms with E-state index in [2.05, 4.69) is 41.7 Å². The number of benzene rings is 3. The van der Waals surface area contributed by atoms with Crippen molar-refractivity contribution >= 4 is 22.9 Å². The van der Waals surface area contributed by atoms with Gasteiger partial charge in [-0.1, -0.05) is 48.5 Å². The van der Waals surface area contributed by atoms with Crippen LogP contribution in [0.15, 0.2) is 72.9 Å². The molecule has 0 saturated carbocycles. The fourth-order valence-electron chi connectivity index (χ4n) is 5.43. The first-order valence-corrected chi connectivity index (χ1v) is 14.4. The number of ether oxygens (including phenoxy) is 1. The van der Waals surface area contributed by atoms with Crippen LogP contribution < -0.4 is 5.32 Å². The van der Waals surface area contributed by atoms with Crippen LogP contribution in [0.4, 0.5) is 4.79 Å². The van der Waals surface area contributed by atoms with Crippen LogP contribution in [0.25, 0.3) is 27.7 Å². The second-order valence-corrected chi connectivity index (χ2v) is 12.9. The van der Waals surface area contributed by atoms with Crippen LogP contribution in [0.3, 0.4) is 0 Å². The number of carbonyl (C=O) groups is 2. The summed E-state index contributed by atoms with van der Waals surface area (Å²) in [4.78, 5) is 27.9. The third-order valence-corrected chi connectivity index (χ3v) is 7.23. The number of hydrogen-bond donors (Lipinski definition) is 1. The van der Waals surface area contributed by atoms with Crippen LogP contribution in [0.1, 0.15) is 76.2 Å². The van der Waals surface area contributed by atoms with E-state index in [0.717, 1.165) is 40.6 Å². The molecule has 7 nitrogen and oxygen atoms in total. The van der Waals surface area contributed by atoms with Gasteiger partial charge in [0, 0.05) is 29.9 Å². The van der Waals surface area contributed by atoms with Crippen molar-refractivity contribution < 1.29 is 14.3 Å². The molecule has 0 bridgehead atoms. The molecule has 0 spiro atoms. The number of rotatable bonds is 4. The molecular formula is C34H40N4O3. The van der Waals surface area contributed by atoms with E-state index in [9.17, 15) is 9.59 Å². The summed E-state index contributed by atoms with van der Waals surface area (Å²) in [5.41, 5.74) is 4.61. The third-order valence-electron chi connectivity index (χ3n) is 7.23. The minimum Gasteiger partial charge on any atom is -0.444 e. The molecule has 2 heterocycles. The first-order chi connectivity index (χ1) is 19.4. The number of likely N-dealkylation sites (tertiary alicyclic amines) is 1. The van der Waals surface area contributed by atoms with E-state index >= 15 is 0 Å². The Morgan fingerprint density at radius 1 is 0.927 bits per heavy atom. The van der Waals surface area contributed by atoms with Crippen molar-refractivity contribution in [2.75, 3.05) is 13.1 Å². The van der Waals surface area contributed by atoms with Crippen LogP contribution >= 0.6 is 0 Å². The van der Waals surface area contributed by atoms with E-state index in [4.69, 9.17) is 9.84 Å².